The maximum atomic E-state index is 13.0. The van der Waals surface area contributed by atoms with Crippen LogP contribution in [0.4, 0.5) is 13.2 Å². The number of hydrogen-bond acceptors (Lipinski definition) is 2. The van der Waals surface area contributed by atoms with Crippen LogP contribution in [0.3, 0.4) is 0 Å². The standard InChI is InChI=1S/C13H14F3NO/c14-13(15,16)12(17-6-8-18-9-7-17)10-11-4-2-1-3-5-11/h1-5,10H,6-9H2/b12-10-. The molecule has 0 radical (unpaired) electrons. The molecule has 2 nitrogen and oxygen atoms in total. The zero-order chi connectivity index (χ0) is 13.0. The third-order valence-corrected chi connectivity index (χ3v) is 2.75. The number of hydrogen-bond donors (Lipinski definition) is 0. The van der Waals surface area contributed by atoms with Gasteiger partial charge in [-0.25, -0.2) is 0 Å². The normalized spacial score (nSPS) is 17.9. The first kappa shape index (κ1) is 13.0. The molecule has 18 heavy (non-hydrogen) atoms. The molecule has 1 saturated heterocycles. The Labute approximate surface area is 104 Å². The molecule has 0 unspecified atom stereocenters. The van der Waals surface area contributed by atoms with E-state index in [9.17, 15) is 13.2 Å². The predicted octanol–water partition coefficient (Wildman–Crippen LogP) is 2.92. The summed E-state index contributed by atoms with van der Waals surface area (Å²) in [4.78, 5) is 1.33. The van der Waals surface area contributed by atoms with Crippen LogP contribution >= 0.6 is 0 Å². The van der Waals surface area contributed by atoms with Crippen molar-refractivity contribution in [1.82, 2.24) is 4.90 Å². The Morgan fingerprint density at radius 2 is 1.72 bits per heavy atom. The SMILES string of the molecule is FC(F)(F)/C(=C/c1ccccc1)N1CCOCC1. The van der Waals surface area contributed by atoms with Gasteiger partial charge in [0.15, 0.2) is 0 Å². The fourth-order valence-corrected chi connectivity index (χ4v) is 1.86. The van der Waals surface area contributed by atoms with Gasteiger partial charge in [-0.2, -0.15) is 13.2 Å². The van der Waals surface area contributed by atoms with Crippen LogP contribution in [0.15, 0.2) is 36.0 Å². The van der Waals surface area contributed by atoms with Crippen LogP contribution < -0.4 is 0 Å². The van der Waals surface area contributed by atoms with Crippen LogP contribution in [0.5, 0.6) is 0 Å². The largest absolute Gasteiger partial charge is 0.431 e. The van der Waals surface area contributed by atoms with Gasteiger partial charge in [-0.3, -0.25) is 0 Å². The van der Waals surface area contributed by atoms with Gasteiger partial charge >= 0.3 is 6.18 Å². The van der Waals surface area contributed by atoms with Crippen molar-refractivity contribution < 1.29 is 17.9 Å². The van der Waals surface area contributed by atoms with Crippen molar-refractivity contribution in [3.8, 4) is 0 Å². The molecule has 1 aromatic carbocycles. The van der Waals surface area contributed by atoms with Crippen molar-refractivity contribution in [2.24, 2.45) is 0 Å². The Morgan fingerprint density at radius 1 is 1.11 bits per heavy atom. The van der Waals surface area contributed by atoms with Gasteiger partial charge in [0, 0.05) is 13.1 Å². The molecule has 0 saturated carbocycles. The van der Waals surface area contributed by atoms with Crippen molar-refractivity contribution in [3.63, 3.8) is 0 Å². The molecular weight excluding hydrogens is 243 g/mol. The second kappa shape index (κ2) is 5.44. The molecule has 0 amide bonds. The zero-order valence-corrected chi connectivity index (χ0v) is 9.78. The lowest BCUT2D eigenvalue weighted by molar-refractivity contribution is -0.116. The summed E-state index contributed by atoms with van der Waals surface area (Å²) in [6.07, 6.45) is -3.15. The van der Waals surface area contributed by atoms with Gasteiger partial charge in [-0.05, 0) is 11.6 Å². The van der Waals surface area contributed by atoms with Gasteiger partial charge < -0.3 is 9.64 Å². The van der Waals surface area contributed by atoms with Crippen molar-refractivity contribution in [2.45, 2.75) is 6.18 Å². The summed E-state index contributed by atoms with van der Waals surface area (Å²) >= 11 is 0. The molecule has 1 aliphatic rings. The molecule has 0 N–H and O–H groups in total. The highest BCUT2D eigenvalue weighted by molar-refractivity contribution is 5.53. The van der Waals surface area contributed by atoms with E-state index in [1.807, 2.05) is 0 Å². The average Bonchev–Trinajstić information content (AvgIpc) is 2.37. The highest BCUT2D eigenvalue weighted by Crippen LogP contribution is 2.30. The number of nitrogens with zero attached hydrogens (tertiary/aromatic N) is 1. The van der Waals surface area contributed by atoms with Crippen LogP contribution in [-0.2, 0) is 4.74 Å². The number of benzene rings is 1. The van der Waals surface area contributed by atoms with E-state index in [4.69, 9.17) is 4.74 Å². The first-order valence-corrected chi connectivity index (χ1v) is 5.74. The van der Waals surface area contributed by atoms with Gasteiger partial charge in [-0.15, -0.1) is 0 Å². The number of ether oxygens (including phenoxy) is 1. The topological polar surface area (TPSA) is 12.5 Å². The van der Waals surface area contributed by atoms with Gasteiger partial charge in [0.25, 0.3) is 0 Å². The average molecular weight is 257 g/mol. The molecule has 1 aliphatic heterocycles. The Bertz CT molecular complexity index is 408. The fourth-order valence-electron chi connectivity index (χ4n) is 1.86. The van der Waals surface area contributed by atoms with Crippen LogP contribution in [0.1, 0.15) is 5.56 Å². The quantitative estimate of drug-likeness (QED) is 0.807. The minimum atomic E-state index is -4.34. The second-order valence-corrected chi connectivity index (χ2v) is 4.04. The minimum Gasteiger partial charge on any atom is -0.378 e. The molecule has 0 bridgehead atoms. The monoisotopic (exact) mass is 257 g/mol. The second-order valence-electron chi connectivity index (χ2n) is 4.04. The van der Waals surface area contributed by atoms with Crippen LogP contribution in [-0.4, -0.2) is 37.4 Å². The summed E-state index contributed by atoms with van der Waals surface area (Å²) in [5, 5.41) is 0. The predicted molar refractivity (Wildman–Crippen MR) is 62.9 cm³/mol. The lowest BCUT2D eigenvalue weighted by Gasteiger charge is -2.32. The third kappa shape index (κ3) is 3.26. The molecule has 5 heteroatoms. The number of alkyl halides is 3. The summed E-state index contributed by atoms with van der Waals surface area (Å²) in [5.74, 6) is 0. The molecule has 0 aromatic heterocycles. The maximum absolute atomic E-state index is 13.0. The Hall–Kier alpha value is -1.49. The summed E-state index contributed by atoms with van der Waals surface area (Å²) in [5.41, 5.74) is -0.0479. The molecule has 0 aliphatic carbocycles. The van der Waals surface area contributed by atoms with E-state index in [1.54, 1.807) is 30.3 Å². The van der Waals surface area contributed by atoms with Crippen molar-refractivity contribution in [1.29, 1.82) is 0 Å². The fraction of sp³-hybridized carbons (Fsp3) is 0.385. The van der Waals surface area contributed by atoms with Gasteiger partial charge in [0.2, 0.25) is 0 Å². The lowest BCUT2D eigenvalue weighted by Crippen LogP contribution is -2.40. The maximum Gasteiger partial charge on any atom is 0.431 e. The van der Waals surface area contributed by atoms with Gasteiger partial charge in [0.05, 0.1) is 13.2 Å². The molecule has 98 valence electrons. The van der Waals surface area contributed by atoms with E-state index >= 15 is 0 Å². The Morgan fingerprint density at radius 3 is 2.28 bits per heavy atom. The molecule has 1 heterocycles. The summed E-state index contributed by atoms with van der Waals surface area (Å²) < 4.78 is 44.2. The van der Waals surface area contributed by atoms with E-state index in [2.05, 4.69) is 0 Å². The van der Waals surface area contributed by atoms with Crippen molar-refractivity contribution >= 4 is 6.08 Å². The first-order valence-electron chi connectivity index (χ1n) is 5.74. The van der Waals surface area contributed by atoms with Gasteiger partial charge in [0.1, 0.15) is 5.70 Å². The highest BCUT2D eigenvalue weighted by atomic mass is 19.4. The summed E-state index contributed by atoms with van der Waals surface area (Å²) in [6.45, 7) is 1.22. The summed E-state index contributed by atoms with van der Waals surface area (Å²) in [6, 6.07) is 8.54. The van der Waals surface area contributed by atoms with Gasteiger partial charge in [-0.1, -0.05) is 30.3 Å². The lowest BCUT2D eigenvalue weighted by atomic mass is 10.1. The zero-order valence-electron chi connectivity index (χ0n) is 9.78. The van der Waals surface area contributed by atoms with E-state index < -0.39 is 11.9 Å². The van der Waals surface area contributed by atoms with E-state index in [-0.39, 0.29) is 13.1 Å². The van der Waals surface area contributed by atoms with Crippen molar-refractivity contribution in [2.75, 3.05) is 26.3 Å². The molecule has 1 fully saturated rings. The van der Waals surface area contributed by atoms with Crippen LogP contribution in [0.25, 0.3) is 6.08 Å². The molecule has 2 rings (SSSR count). The molecule has 0 atom stereocenters. The molecule has 1 aromatic rings. The number of rotatable bonds is 2. The van der Waals surface area contributed by atoms with Crippen LogP contribution in [0, 0.1) is 0 Å². The minimum absolute atomic E-state index is 0.276. The van der Waals surface area contributed by atoms with Crippen molar-refractivity contribution in [3.05, 3.63) is 41.6 Å². The smallest absolute Gasteiger partial charge is 0.378 e. The Kier molecular flexibility index (Phi) is 3.91. The number of morpholine rings is 1. The van der Waals surface area contributed by atoms with E-state index in [0.29, 0.717) is 18.8 Å². The van der Waals surface area contributed by atoms with E-state index in [0.717, 1.165) is 0 Å². The first-order chi connectivity index (χ1) is 8.57. The third-order valence-electron chi connectivity index (χ3n) is 2.75. The highest BCUT2D eigenvalue weighted by Gasteiger charge is 2.37. The Balaban J connectivity index is 2.28. The number of allylic oxidation sites excluding steroid dienone is 1. The van der Waals surface area contributed by atoms with Crippen LogP contribution in [0.2, 0.25) is 0 Å². The molecular formula is C13H14F3NO. The number of halogens is 3. The molecule has 0 spiro atoms. The summed E-state index contributed by atoms with van der Waals surface area (Å²) in [7, 11) is 0. The van der Waals surface area contributed by atoms with E-state index in [1.165, 1.54) is 11.0 Å².